The highest BCUT2D eigenvalue weighted by molar-refractivity contribution is 5.98. The van der Waals surface area contributed by atoms with E-state index in [4.69, 9.17) is 20.9 Å². The summed E-state index contributed by atoms with van der Waals surface area (Å²) in [6.45, 7) is 3.88. The van der Waals surface area contributed by atoms with E-state index in [9.17, 15) is 29.2 Å². The van der Waals surface area contributed by atoms with Crippen LogP contribution in [-0.4, -0.2) is 86.4 Å². The van der Waals surface area contributed by atoms with Crippen molar-refractivity contribution in [2.24, 2.45) is 11.5 Å². The number of amides is 5. The molecule has 4 aromatic carbocycles. The van der Waals surface area contributed by atoms with E-state index in [1.165, 1.54) is 24.4 Å². The van der Waals surface area contributed by atoms with Gasteiger partial charge in [0.25, 0.3) is 11.8 Å². The molecule has 1 aliphatic heterocycles. The Morgan fingerprint density at radius 2 is 1.47 bits per heavy atom. The van der Waals surface area contributed by atoms with Crippen LogP contribution >= 0.6 is 0 Å². The summed E-state index contributed by atoms with van der Waals surface area (Å²) >= 11 is 0. The van der Waals surface area contributed by atoms with Crippen molar-refractivity contribution in [2.45, 2.75) is 57.7 Å². The van der Waals surface area contributed by atoms with Gasteiger partial charge in [-0.2, -0.15) is 5.26 Å². The highest BCUT2D eigenvalue weighted by atomic mass is 16.5. The Kier molecular flexibility index (Phi) is 15.7. The van der Waals surface area contributed by atoms with Crippen LogP contribution in [0.25, 0.3) is 22.3 Å². The Labute approximate surface area is 349 Å². The van der Waals surface area contributed by atoms with Gasteiger partial charge in [-0.25, -0.2) is 0 Å². The Hall–Kier alpha value is -6.76. The second-order valence-corrected chi connectivity index (χ2v) is 14.4. The van der Waals surface area contributed by atoms with Crippen LogP contribution in [0.2, 0.25) is 0 Å². The summed E-state index contributed by atoms with van der Waals surface area (Å²) < 4.78 is 12.1. The SMILES string of the molecule is CCCCc1ccc(-c2ccc(C(=O)NCC(=O)N(C)C3C(=O)N[C@@H](C)C(=O)NC(C(=O)NC#N)Cc4ccc(OCCN)c(c4)-c4cc3ccc4OCCN)cc2)cc1. The summed E-state index contributed by atoms with van der Waals surface area (Å²) in [5.74, 6) is -2.48. The monoisotopic (exact) mass is 816 g/mol. The number of fused-ring (bicyclic) bond motifs is 5. The predicted octanol–water partition coefficient (Wildman–Crippen LogP) is 3.11. The number of nitrogens with two attached hydrogens (primary N) is 2. The fourth-order valence-electron chi connectivity index (χ4n) is 6.81. The minimum absolute atomic E-state index is 0.0223. The molecule has 15 heteroatoms. The second kappa shape index (κ2) is 21.3. The standard InChI is InChI=1S/C45H52N8O7/c1-4-5-6-29-7-10-31(11-8-29)32-12-14-33(15-13-32)43(56)49-26-40(54)53(3)41-34-16-18-39(60-22-20-47)36(25-34)35-23-30(9-17-38(35)59-21-19-46)24-37(44(57)50-27-48)52-42(55)28(2)51-45(41)58/h7-18,23,25,28,37,41H,4-6,19-22,24,26,46-47H2,1-3H3,(H,49,56)(H,50,57)(H,51,58)(H,52,55)/t28-,37?,41?/m0/s1. The van der Waals surface area contributed by atoms with Crippen LogP contribution in [0, 0.1) is 11.5 Å². The highest BCUT2D eigenvalue weighted by Crippen LogP contribution is 2.40. The van der Waals surface area contributed by atoms with Gasteiger partial charge in [-0.3, -0.25) is 29.3 Å². The first-order chi connectivity index (χ1) is 29.0. The molecule has 4 aromatic rings. The van der Waals surface area contributed by atoms with Crippen LogP contribution in [0.15, 0.2) is 84.9 Å². The van der Waals surface area contributed by atoms with Gasteiger partial charge in [0.2, 0.25) is 17.7 Å². The van der Waals surface area contributed by atoms with Gasteiger partial charge < -0.3 is 41.8 Å². The molecule has 15 nitrogen and oxygen atoms in total. The van der Waals surface area contributed by atoms with E-state index in [1.807, 2.05) is 12.1 Å². The topological polar surface area (TPSA) is 231 Å². The fourth-order valence-corrected chi connectivity index (χ4v) is 6.81. The summed E-state index contributed by atoms with van der Waals surface area (Å²) in [6, 6.07) is 21.8. The zero-order valence-electron chi connectivity index (χ0n) is 34.1. The molecule has 5 rings (SSSR count). The molecule has 0 saturated carbocycles. The first-order valence-electron chi connectivity index (χ1n) is 19.9. The van der Waals surface area contributed by atoms with E-state index >= 15 is 0 Å². The molecule has 0 aromatic heterocycles. The Morgan fingerprint density at radius 1 is 0.850 bits per heavy atom. The summed E-state index contributed by atoms with van der Waals surface area (Å²) in [6.07, 6.45) is 4.85. The van der Waals surface area contributed by atoms with Gasteiger partial charge in [-0.05, 0) is 84.0 Å². The van der Waals surface area contributed by atoms with Gasteiger partial charge >= 0.3 is 0 Å². The average Bonchev–Trinajstić information content (AvgIpc) is 3.26. The lowest BCUT2D eigenvalue weighted by molar-refractivity contribution is -0.139. The Morgan fingerprint density at radius 3 is 2.08 bits per heavy atom. The Bertz CT molecular complexity index is 2200. The maximum absolute atomic E-state index is 14.2. The Balaban J connectivity index is 1.46. The lowest BCUT2D eigenvalue weighted by Gasteiger charge is -2.30. The number of hydrogen-bond donors (Lipinski definition) is 6. The van der Waals surface area contributed by atoms with Crippen LogP contribution in [0.1, 0.15) is 59.8 Å². The maximum atomic E-state index is 14.2. The van der Waals surface area contributed by atoms with E-state index in [2.05, 4.69) is 52.5 Å². The van der Waals surface area contributed by atoms with Crippen LogP contribution < -0.4 is 42.2 Å². The molecule has 314 valence electrons. The van der Waals surface area contributed by atoms with Crippen LogP contribution in [0.4, 0.5) is 0 Å². The molecule has 0 saturated heterocycles. The molecular formula is C45H52N8O7. The number of likely N-dealkylation sites (N-methyl/N-ethyl adjacent to an activating group) is 1. The van der Waals surface area contributed by atoms with Gasteiger partial charge in [-0.1, -0.05) is 61.9 Å². The molecule has 60 heavy (non-hydrogen) atoms. The first-order valence-corrected chi connectivity index (χ1v) is 19.9. The molecule has 0 radical (unpaired) electrons. The van der Waals surface area contributed by atoms with Crippen molar-refractivity contribution < 1.29 is 33.4 Å². The molecule has 0 fully saturated rings. The molecule has 8 N–H and O–H groups in total. The lowest BCUT2D eigenvalue weighted by Crippen LogP contribution is -2.54. The third kappa shape index (κ3) is 11.2. The van der Waals surface area contributed by atoms with Crippen molar-refractivity contribution >= 4 is 29.5 Å². The van der Waals surface area contributed by atoms with Crippen molar-refractivity contribution in [1.82, 2.24) is 26.2 Å². The predicted molar refractivity (Wildman–Crippen MR) is 226 cm³/mol. The smallest absolute Gasteiger partial charge is 0.255 e. The molecule has 4 bridgehead atoms. The zero-order valence-corrected chi connectivity index (χ0v) is 34.1. The van der Waals surface area contributed by atoms with Crippen molar-refractivity contribution in [3.8, 4) is 39.9 Å². The number of ether oxygens (including phenoxy) is 2. The number of benzene rings is 4. The number of hydrogen-bond acceptors (Lipinski definition) is 10. The summed E-state index contributed by atoms with van der Waals surface area (Å²) in [5.41, 5.74) is 17.1. The number of rotatable bonds is 15. The highest BCUT2D eigenvalue weighted by Gasteiger charge is 2.33. The number of unbranched alkanes of at least 4 members (excludes halogenated alkanes) is 1. The van der Waals surface area contributed by atoms with Crippen molar-refractivity contribution in [3.05, 3.63) is 107 Å². The van der Waals surface area contributed by atoms with E-state index in [1.54, 1.807) is 54.7 Å². The van der Waals surface area contributed by atoms with Crippen LogP contribution in [0.3, 0.4) is 0 Å². The minimum atomic E-state index is -1.32. The third-order valence-electron chi connectivity index (χ3n) is 10.1. The molecule has 2 unspecified atom stereocenters. The molecule has 3 atom stereocenters. The first kappa shape index (κ1) is 44.3. The zero-order chi connectivity index (χ0) is 43.2. The normalized spacial score (nSPS) is 16.2. The number of nitrogens with one attached hydrogen (secondary N) is 4. The molecule has 0 spiro atoms. The molecule has 5 amide bonds. The quantitative estimate of drug-likeness (QED) is 0.0759. The fraction of sp³-hybridized carbons (Fsp3) is 0.333. The molecule has 1 aliphatic rings. The van der Waals surface area contributed by atoms with Gasteiger partial charge in [0, 0.05) is 43.2 Å². The van der Waals surface area contributed by atoms with Crippen molar-refractivity contribution in [3.63, 3.8) is 0 Å². The molecular weight excluding hydrogens is 765 g/mol. The number of carbonyl (C=O) groups is 5. The lowest BCUT2D eigenvalue weighted by atomic mass is 9.93. The third-order valence-corrected chi connectivity index (χ3v) is 10.1. The largest absolute Gasteiger partial charge is 0.492 e. The molecule has 0 aliphatic carbocycles. The average molecular weight is 817 g/mol. The van der Waals surface area contributed by atoms with E-state index in [0.717, 1.165) is 30.4 Å². The summed E-state index contributed by atoms with van der Waals surface area (Å²) in [4.78, 5) is 69.1. The van der Waals surface area contributed by atoms with Crippen molar-refractivity contribution in [1.29, 1.82) is 5.26 Å². The number of aryl methyl sites for hydroxylation is 1. The van der Waals surface area contributed by atoms with Gasteiger partial charge in [-0.15, -0.1) is 0 Å². The molecule has 1 heterocycles. The maximum Gasteiger partial charge on any atom is 0.255 e. The van der Waals surface area contributed by atoms with E-state index in [-0.39, 0.29) is 32.7 Å². The number of nitriles is 1. The van der Waals surface area contributed by atoms with Crippen molar-refractivity contribution in [2.75, 3.05) is 39.9 Å². The number of nitrogens with zero attached hydrogens (tertiary/aromatic N) is 2. The number of carbonyl (C=O) groups excluding carboxylic acids is 5. The van der Waals surface area contributed by atoms with E-state index in [0.29, 0.717) is 39.3 Å². The van der Waals surface area contributed by atoms with Gasteiger partial charge in [0.1, 0.15) is 42.8 Å². The minimum Gasteiger partial charge on any atom is -0.492 e. The second-order valence-electron chi connectivity index (χ2n) is 14.4. The van der Waals surface area contributed by atoms with Gasteiger partial charge in [0.15, 0.2) is 6.19 Å². The van der Waals surface area contributed by atoms with Gasteiger partial charge in [0.05, 0.1) is 6.54 Å². The summed E-state index contributed by atoms with van der Waals surface area (Å²) in [7, 11) is 1.42. The van der Waals surface area contributed by atoms with Crippen LogP contribution in [0.5, 0.6) is 11.5 Å². The van der Waals surface area contributed by atoms with E-state index < -0.39 is 54.2 Å². The van der Waals surface area contributed by atoms with Crippen LogP contribution in [-0.2, 0) is 32.0 Å². The summed E-state index contributed by atoms with van der Waals surface area (Å²) in [5, 5.41) is 19.3.